The Morgan fingerprint density at radius 1 is 1.00 bits per heavy atom. The molecule has 2 aliphatic heterocycles. The summed E-state index contributed by atoms with van der Waals surface area (Å²) in [6, 6.07) is 18.4. The lowest BCUT2D eigenvalue weighted by Gasteiger charge is -2.21. The Labute approximate surface area is 241 Å². The number of carbonyl (C=O) groups is 2. The molecule has 0 bridgehead atoms. The molecule has 218 valence electrons. The Hall–Kier alpha value is -4.18. The molecule has 7 nitrogen and oxygen atoms in total. The quantitative estimate of drug-likeness (QED) is 0.322. The average Bonchev–Trinajstić information content (AvgIpc) is 3.60. The van der Waals surface area contributed by atoms with E-state index in [1.807, 2.05) is 41.0 Å². The van der Waals surface area contributed by atoms with Crippen LogP contribution in [0.5, 0.6) is 0 Å². The van der Waals surface area contributed by atoms with Crippen LogP contribution in [0, 0.1) is 0 Å². The number of benzene rings is 3. The monoisotopic (exact) mass is 575 g/mol. The van der Waals surface area contributed by atoms with Crippen LogP contribution in [0.2, 0.25) is 0 Å². The number of likely N-dealkylation sites (tertiary alicyclic amines) is 1. The van der Waals surface area contributed by atoms with Crippen molar-refractivity contribution in [3.63, 3.8) is 0 Å². The fourth-order valence-electron chi connectivity index (χ4n) is 6.02. The lowest BCUT2D eigenvalue weighted by Crippen LogP contribution is -2.39. The van der Waals surface area contributed by atoms with Crippen LogP contribution in [0.3, 0.4) is 0 Å². The van der Waals surface area contributed by atoms with E-state index in [-0.39, 0.29) is 17.9 Å². The number of nitrogens with one attached hydrogen (secondary N) is 1. The summed E-state index contributed by atoms with van der Waals surface area (Å²) in [5.41, 5.74) is 1.06. The third-order valence-electron chi connectivity index (χ3n) is 8.21. The SMILES string of the molecule is CN(C(=O)c1cccc2ccccc12)c1nc2n(c1C(=O)NC1CCN(Cc3ccc(C(F)(F)F)cc3)C1)CCCC2. The van der Waals surface area contributed by atoms with Crippen LogP contribution in [0.15, 0.2) is 66.7 Å². The predicted molar refractivity (Wildman–Crippen MR) is 154 cm³/mol. The number of amides is 2. The second kappa shape index (κ2) is 11.2. The molecule has 4 aromatic rings. The topological polar surface area (TPSA) is 70.5 Å². The maximum Gasteiger partial charge on any atom is 0.416 e. The summed E-state index contributed by atoms with van der Waals surface area (Å²) in [5.74, 6) is 0.640. The lowest BCUT2D eigenvalue weighted by molar-refractivity contribution is -0.137. The van der Waals surface area contributed by atoms with Gasteiger partial charge in [0.15, 0.2) is 11.5 Å². The van der Waals surface area contributed by atoms with Crippen LogP contribution in [-0.2, 0) is 25.7 Å². The molecular formula is C32H32F3N5O2. The number of nitrogens with zero attached hydrogens (tertiary/aromatic N) is 4. The van der Waals surface area contributed by atoms with Gasteiger partial charge in [0.05, 0.1) is 5.56 Å². The first-order chi connectivity index (χ1) is 20.2. The summed E-state index contributed by atoms with van der Waals surface area (Å²) in [4.78, 5) is 35.9. The first kappa shape index (κ1) is 28.0. The number of hydrogen-bond donors (Lipinski definition) is 1. The van der Waals surface area contributed by atoms with Crippen molar-refractivity contribution < 1.29 is 22.8 Å². The van der Waals surface area contributed by atoms with E-state index in [9.17, 15) is 22.8 Å². The van der Waals surface area contributed by atoms with Crippen molar-refractivity contribution >= 4 is 28.4 Å². The van der Waals surface area contributed by atoms with Crippen molar-refractivity contribution in [1.82, 2.24) is 19.8 Å². The summed E-state index contributed by atoms with van der Waals surface area (Å²) < 4.78 is 40.7. The molecule has 0 saturated carbocycles. The van der Waals surface area contributed by atoms with E-state index < -0.39 is 11.7 Å². The number of aromatic nitrogens is 2. The summed E-state index contributed by atoms with van der Waals surface area (Å²) >= 11 is 0. The van der Waals surface area contributed by atoms with E-state index >= 15 is 0 Å². The van der Waals surface area contributed by atoms with E-state index in [1.165, 1.54) is 17.0 Å². The molecule has 0 spiro atoms. The molecule has 1 aromatic heterocycles. The summed E-state index contributed by atoms with van der Waals surface area (Å²) in [7, 11) is 1.66. The van der Waals surface area contributed by atoms with Crippen LogP contribution < -0.4 is 10.2 Å². The molecule has 1 unspecified atom stereocenters. The molecular weight excluding hydrogens is 543 g/mol. The molecule has 2 amide bonds. The van der Waals surface area contributed by atoms with Crippen molar-refractivity contribution in [2.75, 3.05) is 25.0 Å². The zero-order valence-corrected chi connectivity index (χ0v) is 23.3. The Morgan fingerprint density at radius 2 is 1.76 bits per heavy atom. The van der Waals surface area contributed by atoms with Gasteiger partial charge in [0.1, 0.15) is 5.82 Å². The maximum absolute atomic E-state index is 13.8. The normalized spacial score (nSPS) is 17.3. The lowest BCUT2D eigenvalue weighted by atomic mass is 10.0. The van der Waals surface area contributed by atoms with Crippen molar-refractivity contribution in [3.8, 4) is 0 Å². The number of hydrogen-bond acceptors (Lipinski definition) is 4. The molecule has 1 saturated heterocycles. The zero-order chi connectivity index (χ0) is 29.4. The molecule has 1 atom stereocenters. The number of fused-ring (bicyclic) bond motifs is 2. The number of carbonyl (C=O) groups excluding carboxylic acids is 2. The minimum absolute atomic E-state index is 0.131. The zero-order valence-electron chi connectivity index (χ0n) is 23.3. The van der Waals surface area contributed by atoms with Gasteiger partial charge in [-0.3, -0.25) is 19.4 Å². The molecule has 42 heavy (non-hydrogen) atoms. The molecule has 6 rings (SSSR count). The van der Waals surface area contributed by atoms with Gasteiger partial charge in [-0.25, -0.2) is 4.98 Å². The average molecular weight is 576 g/mol. The molecule has 1 fully saturated rings. The first-order valence-corrected chi connectivity index (χ1v) is 14.2. The smallest absolute Gasteiger partial charge is 0.347 e. The molecule has 10 heteroatoms. The van der Waals surface area contributed by atoms with Gasteiger partial charge in [-0.1, -0.05) is 48.5 Å². The highest BCUT2D eigenvalue weighted by Crippen LogP contribution is 2.30. The number of alkyl halides is 3. The van der Waals surface area contributed by atoms with Crippen molar-refractivity contribution in [1.29, 1.82) is 0 Å². The Morgan fingerprint density at radius 3 is 2.55 bits per heavy atom. The third kappa shape index (κ3) is 5.51. The van der Waals surface area contributed by atoms with Crippen LogP contribution in [0.25, 0.3) is 10.8 Å². The van der Waals surface area contributed by atoms with Crippen molar-refractivity contribution in [3.05, 3.63) is 94.9 Å². The van der Waals surface area contributed by atoms with Crippen LogP contribution in [0.1, 0.15) is 57.1 Å². The molecule has 1 N–H and O–H groups in total. The largest absolute Gasteiger partial charge is 0.416 e. The predicted octanol–water partition coefficient (Wildman–Crippen LogP) is 5.67. The highest BCUT2D eigenvalue weighted by Gasteiger charge is 2.33. The van der Waals surface area contributed by atoms with Gasteiger partial charge < -0.3 is 9.88 Å². The van der Waals surface area contributed by atoms with E-state index in [4.69, 9.17) is 4.98 Å². The maximum atomic E-state index is 13.8. The van der Waals surface area contributed by atoms with Gasteiger partial charge >= 0.3 is 6.18 Å². The van der Waals surface area contributed by atoms with Gasteiger partial charge in [0.2, 0.25) is 0 Å². The van der Waals surface area contributed by atoms with Gasteiger partial charge in [0.25, 0.3) is 11.8 Å². The molecule has 2 aliphatic rings. The second-order valence-corrected chi connectivity index (χ2v) is 11.1. The second-order valence-electron chi connectivity index (χ2n) is 11.1. The van der Waals surface area contributed by atoms with Gasteiger partial charge in [0, 0.05) is 51.3 Å². The molecule has 0 aliphatic carbocycles. The minimum atomic E-state index is -4.36. The highest BCUT2D eigenvalue weighted by molar-refractivity contribution is 6.15. The van der Waals surface area contributed by atoms with E-state index in [0.29, 0.717) is 49.7 Å². The number of imidazole rings is 1. The molecule has 3 heterocycles. The Kier molecular flexibility index (Phi) is 7.49. The van der Waals surface area contributed by atoms with E-state index in [2.05, 4.69) is 10.2 Å². The van der Waals surface area contributed by atoms with Gasteiger partial charge in [-0.2, -0.15) is 13.2 Å². The third-order valence-corrected chi connectivity index (χ3v) is 8.21. The van der Waals surface area contributed by atoms with E-state index in [1.54, 1.807) is 13.1 Å². The van der Waals surface area contributed by atoms with Crippen LogP contribution in [0.4, 0.5) is 19.0 Å². The minimum Gasteiger partial charge on any atom is -0.347 e. The fraction of sp³-hybridized carbons (Fsp3) is 0.344. The van der Waals surface area contributed by atoms with Crippen molar-refractivity contribution in [2.24, 2.45) is 0 Å². The first-order valence-electron chi connectivity index (χ1n) is 14.2. The number of anilines is 1. The van der Waals surface area contributed by atoms with Crippen LogP contribution >= 0.6 is 0 Å². The number of halogens is 3. The van der Waals surface area contributed by atoms with Crippen molar-refractivity contribution in [2.45, 2.75) is 51.0 Å². The number of aryl methyl sites for hydroxylation is 1. The summed E-state index contributed by atoms with van der Waals surface area (Å²) in [5, 5.41) is 4.95. The van der Waals surface area contributed by atoms with E-state index in [0.717, 1.165) is 53.6 Å². The van der Waals surface area contributed by atoms with Gasteiger partial charge in [-0.05, 0) is 53.8 Å². The summed E-state index contributed by atoms with van der Waals surface area (Å²) in [6.07, 6.45) is -1.01. The highest BCUT2D eigenvalue weighted by atomic mass is 19.4. The molecule has 3 aromatic carbocycles. The van der Waals surface area contributed by atoms with Gasteiger partial charge in [-0.15, -0.1) is 0 Å². The Balaban J connectivity index is 1.19. The Bertz CT molecular complexity index is 1620. The van der Waals surface area contributed by atoms with Crippen LogP contribution in [-0.4, -0.2) is 52.4 Å². The summed E-state index contributed by atoms with van der Waals surface area (Å²) in [6.45, 7) is 2.45. The molecule has 0 radical (unpaired) electrons. The standard InChI is InChI=1S/C32H32F3N5O2/c1-38(31(42)26-10-6-8-22-7-2-3-9-25(22)26)29-28(40-17-5-4-11-27(40)37-29)30(41)36-24-16-18-39(20-24)19-21-12-14-23(15-13-21)32(33,34)35/h2-3,6-10,12-15,24H,4-5,11,16-20H2,1H3,(H,36,41). The number of rotatable bonds is 6. The fourth-order valence-corrected chi connectivity index (χ4v) is 6.02.